The van der Waals surface area contributed by atoms with Crippen LogP contribution in [0.3, 0.4) is 0 Å². The highest BCUT2D eigenvalue weighted by atomic mass is 127. The Bertz CT molecular complexity index is 906. The van der Waals surface area contributed by atoms with Crippen molar-refractivity contribution in [2.45, 2.75) is 44.0 Å². The van der Waals surface area contributed by atoms with Gasteiger partial charge < -0.3 is 10.6 Å². The summed E-state index contributed by atoms with van der Waals surface area (Å²) in [5.41, 5.74) is 3.57. The summed E-state index contributed by atoms with van der Waals surface area (Å²) in [4.78, 5) is 4.61. The van der Waals surface area contributed by atoms with Gasteiger partial charge in [-0.25, -0.2) is 8.42 Å². The molecule has 0 aliphatic rings. The van der Waals surface area contributed by atoms with E-state index < -0.39 is 9.84 Å². The third-order valence-corrected chi connectivity index (χ3v) is 6.00. The number of rotatable bonds is 7. The maximum atomic E-state index is 11.5. The van der Waals surface area contributed by atoms with Crippen LogP contribution in [0, 0.1) is 0 Å². The van der Waals surface area contributed by atoms with E-state index in [0.717, 1.165) is 18.5 Å². The van der Waals surface area contributed by atoms with Crippen LogP contribution >= 0.6 is 24.0 Å². The van der Waals surface area contributed by atoms with Crippen molar-refractivity contribution in [3.63, 3.8) is 0 Å². The zero-order valence-corrected chi connectivity index (χ0v) is 21.0. The molecule has 0 atom stereocenters. The van der Waals surface area contributed by atoms with Crippen LogP contribution in [0.1, 0.15) is 37.5 Å². The third kappa shape index (κ3) is 7.62. The highest BCUT2D eigenvalue weighted by molar-refractivity contribution is 14.0. The van der Waals surface area contributed by atoms with E-state index in [-0.39, 0.29) is 29.4 Å². The molecule has 0 amide bonds. The summed E-state index contributed by atoms with van der Waals surface area (Å²) in [6, 6.07) is 15.7. The average molecular weight is 529 g/mol. The zero-order valence-electron chi connectivity index (χ0n) is 17.8. The number of aliphatic imine (C=N–C) groups is 1. The molecule has 7 heteroatoms. The van der Waals surface area contributed by atoms with E-state index in [1.807, 2.05) is 12.1 Å². The van der Waals surface area contributed by atoms with Gasteiger partial charge >= 0.3 is 0 Å². The molecular formula is C22H32IN3O2S. The number of hydrogen-bond acceptors (Lipinski definition) is 3. The second kappa shape index (κ2) is 11.0. The molecule has 29 heavy (non-hydrogen) atoms. The number of hydrogen-bond donors (Lipinski definition) is 2. The van der Waals surface area contributed by atoms with E-state index in [0.29, 0.717) is 17.4 Å². The van der Waals surface area contributed by atoms with Crippen LogP contribution in [0.25, 0.3) is 0 Å². The van der Waals surface area contributed by atoms with Crippen LogP contribution in [0.4, 0.5) is 0 Å². The molecule has 0 fully saturated rings. The van der Waals surface area contributed by atoms with E-state index in [1.165, 1.54) is 17.4 Å². The monoisotopic (exact) mass is 529 g/mol. The van der Waals surface area contributed by atoms with Gasteiger partial charge in [0.2, 0.25) is 0 Å². The maximum absolute atomic E-state index is 11.5. The Morgan fingerprint density at radius 3 is 2.00 bits per heavy atom. The molecule has 2 rings (SSSR count). The van der Waals surface area contributed by atoms with Gasteiger partial charge in [0.1, 0.15) is 0 Å². The first-order valence-electron chi connectivity index (χ1n) is 9.48. The Morgan fingerprint density at radius 1 is 0.966 bits per heavy atom. The highest BCUT2D eigenvalue weighted by Gasteiger charge is 2.20. The number of halogens is 1. The standard InChI is InChI=1S/C22H31N3O2S.HI/c1-6-17-7-11-19(12-8-17)22(2,3)16-25-21(23-4)24-15-18-9-13-20(14-10-18)28(5,26)27;/h7-14H,6,15-16H2,1-5H3,(H2,23,24,25);1H. The van der Waals surface area contributed by atoms with Crippen LogP contribution in [0.5, 0.6) is 0 Å². The maximum Gasteiger partial charge on any atom is 0.191 e. The molecule has 0 radical (unpaired) electrons. The molecule has 0 aliphatic heterocycles. The molecule has 2 aromatic rings. The molecule has 0 bridgehead atoms. The van der Waals surface area contributed by atoms with Crippen molar-refractivity contribution in [3.8, 4) is 0 Å². The molecular weight excluding hydrogens is 497 g/mol. The molecule has 0 saturated heterocycles. The number of aryl methyl sites for hydroxylation is 1. The van der Waals surface area contributed by atoms with E-state index in [1.54, 1.807) is 19.2 Å². The van der Waals surface area contributed by atoms with E-state index in [2.05, 4.69) is 60.7 Å². The van der Waals surface area contributed by atoms with Gasteiger partial charge in [0, 0.05) is 31.8 Å². The zero-order chi connectivity index (χ0) is 20.8. The van der Waals surface area contributed by atoms with Crippen molar-refractivity contribution in [2.75, 3.05) is 19.8 Å². The normalized spacial score (nSPS) is 12.2. The lowest BCUT2D eigenvalue weighted by molar-refractivity contribution is 0.508. The van der Waals surface area contributed by atoms with Crippen LogP contribution < -0.4 is 10.6 Å². The Balaban J connectivity index is 0.00000420. The molecule has 0 aromatic heterocycles. The predicted octanol–water partition coefficient (Wildman–Crippen LogP) is 3.91. The van der Waals surface area contributed by atoms with Crippen LogP contribution in [-0.2, 0) is 28.2 Å². The smallest absolute Gasteiger partial charge is 0.191 e. The Hall–Kier alpha value is -1.61. The second-order valence-electron chi connectivity index (χ2n) is 7.63. The van der Waals surface area contributed by atoms with E-state index in [9.17, 15) is 8.42 Å². The Kier molecular flexibility index (Phi) is 9.61. The highest BCUT2D eigenvalue weighted by Crippen LogP contribution is 2.22. The minimum absolute atomic E-state index is 0. The minimum Gasteiger partial charge on any atom is -0.356 e. The van der Waals surface area contributed by atoms with Gasteiger partial charge in [0.15, 0.2) is 15.8 Å². The number of guanidine groups is 1. The largest absolute Gasteiger partial charge is 0.356 e. The quantitative estimate of drug-likeness (QED) is 0.324. The van der Waals surface area contributed by atoms with Crippen molar-refractivity contribution in [2.24, 2.45) is 4.99 Å². The van der Waals surface area contributed by atoms with Crippen molar-refractivity contribution >= 4 is 39.8 Å². The lowest BCUT2D eigenvalue weighted by Crippen LogP contribution is -2.43. The van der Waals surface area contributed by atoms with Gasteiger partial charge in [-0.15, -0.1) is 24.0 Å². The topological polar surface area (TPSA) is 70.6 Å². The number of nitrogens with zero attached hydrogens (tertiary/aromatic N) is 1. The van der Waals surface area contributed by atoms with Crippen molar-refractivity contribution in [1.82, 2.24) is 10.6 Å². The average Bonchev–Trinajstić information content (AvgIpc) is 2.68. The summed E-state index contributed by atoms with van der Waals surface area (Å²) < 4.78 is 23.1. The summed E-state index contributed by atoms with van der Waals surface area (Å²) in [5.74, 6) is 0.713. The van der Waals surface area contributed by atoms with E-state index in [4.69, 9.17) is 0 Å². The van der Waals surface area contributed by atoms with Crippen LogP contribution in [0.15, 0.2) is 58.4 Å². The molecule has 0 saturated carbocycles. The number of sulfone groups is 1. The van der Waals surface area contributed by atoms with Gasteiger partial charge in [0.05, 0.1) is 4.90 Å². The van der Waals surface area contributed by atoms with Gasteiger partial charge in [-0.1, -0.05) is 57.2 Å². The molecule has 2 aromatic carbocycles. The molecule has 0 unspecified atom stereocenters. The van der Waals surface area contributed by atoms with Gasteiger partial charge in [0.25, 0.3) is 0 Å². The number of benzene rings is 2. The number of nitrogens with one attached hydrogen (secondary N) is 2. The summed E-state index contributed by atoms with van der Waals surface area (Å²) in [6.07, 6.45) is 2.25. The van der Waals surface area contributed by atoms with Crippen molar-refractivity contribution in [3.05, 3.63) is 65.2 Å². The fourth-order valence-corrected chi connectivity index (χ4v) is 3.49. The van der Waals surface area contributed by atoms with Gasteiger partial charge in [-0.05, 0) is 35.2 Å². The summed E-state index contributed by atoms with van der Waals surface area (Å²) in [6.45, 7) is 7.88. The molecule has 0 heterocycles. The van der Waals surface area contributed by atoms with Gasteiger partial charge in [-0.2, -0.15) is 0 Å². The minimum atomic E-state index is -3.17. The SMILES string of the molecule is CCc1ccc(C(C)(C)CNC(=NC)NCc2ccc(S(C)(=O)=O)cc2)cc1.I. The van der Waals surface area contributed by atoms with Gasteiger partial charge in [-0.3, -0.25) is 4.99 Å². The first-order valence-corrected chi connectivity index (χ1v) is 11.4. The summed E-state index contributed by atoms with van der Waals surface area (Å²) in [5, 5.41) is 6.66. The first kappa shape index (κ1) is 25.4. The molecule has 0 spiro atoms. The summed E-state index contributed by atoms with van der Waals surface area (Å²) in [7, 11) is -1.43. The fourth-order valence-electron chi connectivity index (χ4n) is 2.86. The Morgan fingerprint density at radius 2 is 1.52 bits per heavy atom. The van der Waals surface area contributed by atoms with Crippen molar-refractivity contribution in [1.29, 1.82) is 0 Å². The second-order valence-corrected chi connectivity index (χ2v) is 9.65. The molecule has 5 nitrogen and oxygen atoms in total. The lowest BCUT2D eigenvalue weighted by atomic mass is 9.84. The molecule has 0 aliphatic carbocycles. The van der Waals surface area contributed by atoms with Crippen LogP contribution in [-0.4, -0.2) is 34.2 Å². The molecule has 2 N–H and O–H groups in total. The van der Waals surface area contributed by atoms with Crippen molar-refractivity contribution < 1.29 is 8.42 Å². The third-order valence-electron chi connectivity index (χ3n) is 4.88. The van der Waals surface area contributed by atoms with E-state index >= 15 is 0 Å². The lowest BCUT2D eigenvalue weighted by Gasteiger charge is -2.27. The Labute approximate surface area is 192 Å². The molecule has 160 valence electrons. The fraction of sp³-hybridized carbons (Fsp3) is 0.409. The van der Waals surface area contributed by atoms with Crippen LogP contribution in [0.2, 0.25) is 0 Å². The predicted molar refractivity (Wildman–Crippen MR) is 132 cm³/mol. The summed E-state index contributed by atoms with van der Waals surface area (Å²) >= 11 is 0. The first-order chi connectivity index (χ1) is 13.2.